The van der Waals surface area contributed by atoms with Gasteiger partial charge in [0.2, 0.25) is 0 Å². The van der Waals surface area contributed by atoms with Gasteiger partial charge in [0.25, 0.3) is 5.56 Å². The zero-order valence-electron chi connectivity index (χ0n) is 10.7. The van der Waals surface area contributed by atoms with E-state index < -0.39 is 5.97 Å². The van der Waals surface area contributed by atoms with Gasteiger partial charge >= 0.3 is 5.97 Å². The smallest absolute Gasteiger partial charge is 0.327 e. The van der Waals surface area contributed by atoms with Crippen molar-refractivity contribution in [3.63, 3.8) is 0 Å². The Kier molecular flexibility index (Phi) is 4.57. The maximum Gasteiger partial charge on any atom is 0.327 e. The van der Waals surface area contributed by atoms with Crippen molar-refractivity contribution in [2.24, 2.45) is 0 Å². The van der Waals surface area contributed by atoms with Crippen molar-refractivity contribution in [3.05, 3.63) is 21.0 Å². The summed E-state index contributed by atoms with van der Waals surface area (Å²) in [7, 11) is 1.28. The lowest BCUT2D eigenvalue weighted by molar-refractivity contribution is -0.141. The number of esters is 1. The number of aromatic nitrogens is 2. The van der Waals surface area contributed by atoms with E-state index >= 15 is 0 Å². The number of nitrogens with one attached hydrogen (secondary N) is 1. The van der Waals surface area contributed by atoms with Crippen LogP contribution in [0.3, 0.4) is 0 Å². The first-order valence-electron chi connectivity index (χ1n) is 6.21. The van der Waals surface area contributed by atoms with Crippen LogP contribution in [0.25, 0.3) is 0 Å². The highest BCUT2D eigenvalue weighted by atomic mass is 79.9. The molecule has 0 spiro atoms. The van der Waals surface area contributed by atoms with Crippen LogP contribution in [0.1, 0.15) is 25.7 Å². The van der Waals surface area contributed by atoms with Crippen LogP contribution in [0.2, 0.25) is 0 Å². The van der Waals surface area contributed by atoms with E-state index in [-0.39, 0.29) is 12.1 Å². The molecule has 0 aromatic carbocycles. The van der Waals surface area contributed by atoms with E-state index in [1.165, 1.54) is 20.0 Å². The number of hydrogen-bond donors (Lipinski definition) is 1. The van der Waals surface area contributed by atoms with E-state index in [1.54, 1.807) is 6.20 Å². The van der Waals surface area contributed by atoms with Crippen LogP contribution in [0.4, 0.5) is 5.69 Å². The first kappa shape index (κ1) is 14.0. The first-order valence-corrected chi connectivity index (χ1v) is 7.00. The zero-order valence-corrected chi connectivity index (χ0v) is 12.3. The van der Waals surface area contributed by atoms with Crippen molar-refractivity contribution in [1.29, 1.82) is 0 Å². The highest BCUT2D eigenvalue weighted by Gasteiger charge is 2.18. The number of halogens is 1. The monoisotopic (exact) mass is 329 g/mol. The third-order valence-electron chi connectivity index (χ3n) is 3.21. The Hall–Kier alpha value is -1.37. The standard InChI is InChI=1S/C12H16BrN3O3/c1-19-10(17)7-16-12(18)11(13)9(6-14-16)15-8-4-2-3-5-8/h6,8,15H,2-5,7H2,1H3. The minimum absolute atomic E-state index is 0.183. The lowest BCUT2D eigenvalue weighted by Gasteiger charge is -2.15. The van der Waals surface area contributed by atoms with E-state index in [2.05, 4.69) is 31.1 Å². The zero-order chi connectivity index (χ0) is 13.8. The summed E-state index contributed by atoms with van der Waals surface area (Å²) >= 11 is 3.26. The van der Waals surface area contributed by atoms with Crippen molar-refractivity contribution in [3.8, 4) is 0 Å². The topological polar surface area (TPSA) is 73.2 Å². The van der Waals surface area contributed by atoms with Crippen LogP contribution >= 0.6 is 15.9 Å². The molecular formula is C12H16BrN3O3. The van der Waals surface area contributed by atoms with Gasteiger partial charge < -0.3 is 10.1 Å². The molecule has 7 heteroatoms. The molecule has 0 bridgehead atoms. The van der Waals surface area contributed by atoms with Gasteiger partial charge in [-0.3, -0.25) is 9.59 Å². The molecule has 19 heavy (non-hydrogen) atoms. The highest BCUT2D eigenvalue weighted by Crippen LogP contribution is 2.24. The second-order valence-electron chi connectivity index (χ2n) is 4.54. The lowest BCUT2D eigenvalue weighted by atomic mass is 10.2. The molecule has 0 atom stereocenters. The molecule has 0 radical (unpaired) electrons. The van der Waals surface area contributed by atoms with Crippen LogP contribution in [0, 0.1) is 0 Å². The number of anilines is 1. The van der Waals surface area contributed by atoms with Crippen LogP contribution in [0.15, 0.2) is 15.5 Å². The van der Waals surface area contributed by atoms with Crippen LogP contribution in [-0.2, 0) is 16.1 Å². The van der Waals surface area contributed by atoms with Gasteiger partial charge in [0, 0.05) is 6.04 Å². The predicted molar refractivity (Wildman–Crippen MR) is 74.1 cm³/mol. The average Bonchev–Trinajstić information content (AvgIpc) is 2.91. The van der Waals surface area contributed by atoms with Crippen molar-refractivity contribution >= 4 is 27.6 Å². The van der Waals surface area contributed by atoms with Gasteiger partial charge in [-0.2, -0.15) is 5.10 Å². The molecule has 0 aliphatic heterocycles. The Morgan fingerprint density at radius 2 is 2.26 bits per heavy atom. The number of hydrogen-bond acceptors (Lipinski definition) is 5. The normalized spacial score (nSPS) is 15.5. The minimum atomic E-state index is -0.502. The van der Waals surface area contributed by atoms with Gasteiger partial charge in [-0.25, -0.2) is 4.68 Å². The summed E-state index contributed by atoms with van der Waals surface area (Å²) in [6.07, 6.45) is 6.20. The number of carbonyl (C=O) groups is 1. The third-order valence-corrected chi connectivity index (χ3v) is 3.97. The SMILES string of the molecule is COC(=O)Cn1ncc(NC2CCCC2)c(Br)c1=O. The van der Waals surface area contributed by atoms with Crippen LogP contribution in [0.5, 0.6) is 0 Å². The Labute approximate surface area is 119 Å². The molecule has 1 fully saturated rings. The Balaban J connectivity index is 2.16. The van der Waals surface area contributed by atoms with Gasteiger partial charge in [0.15, 0.2) is 0 Å². The second kappa shape index (κ2) is 6.18. The fraction of sp³-hybridized carbons (Fsp3) is 0.583. The molecule has 1 aliphatic rings. The largest absolute Gasteiger partial charge is 0.468 e. The fourth-order valence-electron chi connectivity index (χ4n) is 2.16. The van der Waals surface area contributed by atoms with Gasteiger partial charge in [-0.05, 0) is 28.8 Å². The molecule has 1 aromatic heterocycles. The van der Waals surface area contributed by atoms with Crippen molar-refractivity contribution in [2.45, 2.75) is 38.3 Å². The van der Waals surface area contributed by atoms with Crippen LogP contribution in [-0.4, -0.2) is 28.9 Å². The summed E-state index contributed by atoms with van der Waals surface area (Å²) in [5, 5.41) is 7.29. The molecular weight excluding hydrogens is 314 g/mol. The number of rotatable bonds is 4. The third kappa shape index (κ3) is 3.34. The molecule has 0 unspecified atom stereocenters. The summed E-state index contributed by atoms with van der Waals surface area (Å²) in [6, 6.07) is 0.397. The number of methoxy groups -OCH3 is 1. The van der Waals surface area contributed by atoms with E-state index in [9.17, 15) is 9.59 Å². The van der Waals surface area contributed by atoms with Gasteiger partial charge in [0.05, 0.1) is 19.0 Å². The minimum Gasteiger partial charge on any atom is -0.468 e. The van der Waals surface area contributed by atoms with Gasteiger partial charge in [-0.15, -0.1) is 0 Å². The van der Waals surface area contributed by atoms with E-state index in [0.29, 0.717) is 16.2 Å². The van der Waals surface area contributed by atoms with Gasteiger partial charge in [0.1, 0.15) is 11.0 Å². The molecule has 2 rings (SSSR count). The summed E-state index contributed by atoms with van der Waals surface area (Å²) in [5.74, 6) is -0.502. The van der Waals surface area contributed by atoms with Crippen molar-refractivity contribution < 1.29 is 9.53 Å². The molecule has 1 saturated carbocycles. The summed E-state index contributed by atoms with van der Waals surface area (Å²) in [4.78, 5) is 23.2. The van der Waals surface area contributed by atoms with Crippen molar-refractivity contribution in [2.75, 3.05) is 12.4 Å². The first-order chi connectivity index (χ1) is 9.11. The Morgan fingerprint density at radius 1 is 1.58 bits per heavy atom. The molecule has 6 nitrogen and oxygen atoms in total. The van der Waals surface area contributed by atoms with E-state index in [1.807, 2.05) is 0 Å². The maximum atomic E-state index is 12.0. The molecule has 104 valence electrons. The highest BCUT2D eigenvalue weighted by molar-refractivity contribution is 9.10. The fourth-order valence-corrected chi connectivity index (χ4v) is 2.58. The van der Waals surface area contributed by atoms with E-state index in [4.69, 9.17) is 0 Å². The Bertz CT molecular complexity index is 523. The maximum absolute atomic E-state index is 12.0. The lowest BCUT2D eigenvalue weighted by Crippen LogP contribution is -2.29. The average molecular weight is 330 g/mol. The molecule has 0 saturated heterocycles. The molecule has 1 aliphatic carbocycles. The van der Waals surface area contributed by atoms with Crippen molar-refractivity contribution in [1.82, 2.24) is 9.78 Å². The second-order valence-corrected chi connectivity index (χ2v) is 5.33. The summed E-state index contributed by atoms with van der Waals surface area (Å²) in [6.45, 7) is -0.183. The van der Waals surface area contributed by atoms with Gasteiger partial charge in [-0.1, -0.05) is 12.8 Å². The number of nitrogens with zero attached hydrogens (tertiary/aromatic N) is 2. The molecule has 0 amide bonds. The number of carbonyl (C=O) groups excluding carboxylic acids is 1. The molecule has 1 heterocycles. The molecule has 1 aromatic rings. The van der Waals surface area contributed by atoms with Crippen LogP contribution < -0.4 is 10.9 Å². The predicted octanol–water partition coefficient (Wildman–Crippen LogP) is 1.53. The quantitative estimate of drug-likeness (QED) is 0.848. The number of ether oxygens (including phenoxy) is 1. The summed E-state index contributed by atoms with van der Waals surface area (Å²) in [5.41, 5.74) is 0.339. The summed E-state index contributed by atoms with van der Waals surface area (Å²) < 4.78 is 6.00. The van der Waals surface area contributed by atoms with E-state index in [0.717, 1.165) is 17.5 Å². The molecule has 1 N–H and O–H groups in total. The Morgan fingerprint density at radius 3 is 2.89 bits per heavy atom.